The molecule has 2 N–H and O–H groups in total. The third-order valence-electron chi connectivity index (χ3n) is 6.00. The first-order valence-electron chi connectivity index (χ1n) is 11.6. The van der Waals surface area contributed by atoms with Crippen molar-refractivity contribution in [3.05, 3.63) is 69.8 Å². The Kier molecular flexibility index (Phi) is 6.87. The minimum atomic E-state index is -0.234. The van der Waals surface area contributed by atoms with E-state index in [1.807, 2.05) is 38.1 Å². The minimum Gasteiger partial charge on any atom is -0.348 e. The maximum absolute atomic E-state index is 13.0. The Labute approximate surface area is 193 Å². The van der Waals surface area contributed by atoms with Crippen LogP contribution in [0.1, 0.15) is 61.3 Å². The number of hydrogen-bond donors (Lipinski definition) is 2. The number of aryl methyl sites for hydroxylation is 1. The van der Waals surface area contributed by atoms with Gasteiger partial charge in [-0.3, -0.25) is 19.0 Å². The quantitative estimate of drug-likeness (QED) is 0.619. The van der Waals surface area contributed by atoms with Crippen molar-refractivity contribution in [3.8, 4) is 0 Å². The fraction of sp³-hybridized carbons (Fsp3) is 0.385. The maximum atomic E-state index is 13.0. The maximum Gasteiger partial charge on any atom is 0.261 e. The lowest BCUT2D eigenvalue weighted by Crippen LogP contribution is -2.27. The number of rotatable bonds is 5. The van der Waals surface area contributed by atoms with Crippen LogP contribution < -0.4 is 16.2 Å². The van der Waals surface area contributed by atoms with Gasteiger partial charge in [0, 0.05) is 36.7 Å². The molecule has 0 bridgehead atoms. The Morgan fingerprint density at radius 3 is 2.70 bits per heavy atom. The minimum absolute atomic E-state index is 0.0240. The van der Waals surface area contributed by atoms with Gasteiger partial charge in [0.2, 0.25) is 5.91 Å². The van der Waals surface area contributed by atoms with Crippen molar-refractivity contribution in [1.82, 2.24) is 14.9 Å². The zero-order chi connectivity index (χ0) is 23.4. The molecule has 0 unspecified atom stereocenters. The summed E-state index contributed by atoms with van der Waals surface area (Å²) in [5.41, 5.74) is 2.59. The van der Waals surface area contributed by atoms with E-state index >= 15 is 0 Å². The molecule has 0 aliphatic carbocycles. The van der Waals surface area contributed by atoms with Gasteiger partial charge in [0.25, 0.3) is 11.5 Å². The predicted octanol–water partition coefficient (Wildman–Crippen LogP) is 4.04. The largest absolute Gasteiger partial charge is 0.348 e. The lowest BCUT2D eigenvalue weighted by Gasteiger charge is -2.16. The lowest BCUT2D eigenvalue weighted by atomic mass is 10.1. The van der Waals surface area contributed by atoms with Crippen molar-refractivity contribution in [2.45, 2.75) is 59.0 Å². The number of anilines is 1. The van der Waals surface area contributed by atoms with E-state index in [4.69, 9.17) is 4.98 Å². The van der Waals surface area contributed by atoms with Gasteiger partial charge in [-0.2, -0.15) is 0 Å². The van der Waals surface area contributed by atoms with Crippen LogP contribution in [0.2, 0.25) is 0 Å². The molecule has 0 fully saturated rings. The third-order valence-corrected chi connectivity index (χ3v) is 6.00. The summed E-state index contributed by atoms with van der Waals surface area (Å²) in [6, 6.07) is 12.5. The molecule has 7 heteroatoms. The van der Waals surface area contributed by atoms with E-state index < -0.39 is 0 Å². The van der Waals surface area contributed by atoms with Crippen molar-refractivity contribution in [1.29, 1.82) is 0 Å². The number of carbonyl (C=O) groups is 2. The number of aromatic nitrogens is 2. The van der Waals surface area contributed by atoms with E-state index in [1.165, 1.54) is 0 Å². The molecule has 0 spiro atoms. The summed E-state index contributed by atoms with van der Waals surface area (Å²) < 4.78 is 1.80. The number of fused-ring (bicyclic) bond motifs is 2. The van der Waals surface area contributed by atoms with Crippen molar-refractivity contribution in [3.63, 3.8) is 0 Å². The number of hydrogen-bond acceptors (Lipinski definition) is 4. The van der Waals surface area contributed by atoms with Gasteiger partial charge < -0.3 is 10.6 Å². The summed E-state index contributed by atoms with van der Waals surface area (Å²) in [5.74, 6) is 0.416. The molecule has 1 aliphatic rings. The van der Waals surface area contributed by atoms with E-state index in [2.05, 4.69) is 10.6 Å². The van der Waals surface area contributed by atoms with E-state index in [0.717, 1.165) is 43.5 Å². The van der Waals surface area contributed by atoms with E-state index in [9.17, 15) is 14.4 Å². The van der Waals surface area contributed by atoms with Crippen LogP contribution in [0.25, 0.3) is 10.9 Å². The molecule has 1 aromatic heterocycles. The summed E-state index contributed by atoms with van der Waals surface area (Å²) in [6.07, 6.45) is 5.08. The SMILES string of the molecule is CC(C)C(=O)Nc1cccc(CNC(=O)c2ccc3c(=O)n4c(nc3c2)CCCCCC4)c1. The monoisotopic (exact) mass is 446 g/mol. The fourth-order valence-corrected chi connectivity index (χ4v) is 4.07. The second-order valence-electron chi connectivity index (χ2n) is 8.91. The van der Waals surface area contributed by atoms with Crippen LogP contribution in [0.5, 0.6) is 0 Å². The van der Waals surface area contributed by atoms with Crippen molar-refractivity contribution in [2.75, 3.05) is 5.32 Å². The van der Waals surface area contributed by atoms with Gasteiger partial charge >= 0.3 is 0 Å². The molecule has 0 radical (unpaired) electrons. The van der Waals surface area contributed by atoms with Crippen LogP contribution in [0.3, 0.4) is 0 Å². The first kappa shape index (κ1) is 22.7. The van der Waals surface area contributed by atoms with Crippen LogP contribution >= 0.6 is 0 Å². The van der Waals surface area contributed by atoms with Gasteiger partial charge in [0.15, 0.2) is 0 Å². The molecule has 1 aliphatic heterocycles. The van der Waals surface area contributed by atoms with Gasteiger partial charge in [0.05, 0.1) is 10.9 Å². The number of benzene rings is 2. The Bertz CT molecular complexity index is 1250. The molecule has 172 valence electrons. The van der Waals surface area contributed by atoms with Gasteiger partial charge in [-0.05, 0) is 48.7 Å². The molecular formula is C26H30N4O3. The normalized spacial score (nSPS) is 13.8. The van der Waals surface area contributed by atoms with Crippen LogP contribution in [0, 0.1) is 5.92 Å². The molecule has 3 aromatic rings. The van der Waals surface area contributed by atoms with Crippen molar-refractivity contribution < 1.29 is 9.59 Å². The van der Waals surface area contributed by atoms with E-state index in [-0.39, 0.29) is 23.3 Å². The first-order chi connectivity index (χ1) is 15.9. The smallest absolute Gasteiger partial charge is 0.261 e. The summed E-state index contributed by atoms with van der Waals surface area (Å²) in [5, 5.41) is 6.33. The first-order valence-corrected chi connectivity index (χ1v) is 11.6. The average molecular weight is 447 g/mol. The molecule has 2 aromatic carbocycles. The highest BCUT2D eigenvalue weighted by atomic mass is 16.2. The van der Waals surface area contributed by atoms with Gasteiger partial charge in [-0.1, -0.05) is 38.8 Å². The second kappa shape index (κ2) is 9.98. The highest BCUT2D eigenvalue weighted by molar-refractivity contribution is 5.97. The highest BCUT2D eigenvalue weighted by Crippen LogP contribution is 2.17. The summed E-state index contributed by atoms with van der Waals surface area (Å²) in [7, 11) is 0. The van der Waals surface area contributed by atoms with Crippen molar-refractivity contribution >= 4 is 28.4 Å². The number of nitrogens with zero attached hydrogens (tertiary/aromatic N) is 2. The number of amides is 2. The van der Waals surface area contributed by atoms with Crippen LogP contribution in [0.15, 0.2) is 47.3 Å². The predicted molar refractivity (Wildman–Crippen MR) is 129 cm³/mol. The third kappa shape index (κ3) is 5.30. The standard InChI is InChI=1S/C26H30N4O3/c1-17(2)24(31)28-20-9-7-8-18(14-20)16-27-25(32)19-11-12-21-22(15-19)29-23-10-5-3-4-6-13-30(23)26(21)33/h7-9,11-12,14-15,17H,3-6,10,13,16H2,1-2H3,(H,27,32)(H,28,31). The lowest BCUT2D eigenvalue weighted by molar-refractivity contribution is -0.118. The van der Waals surface area contributed by atoms with Gasteiger partial charge in [-0.15, -0.1) is 0 Å². The second-order valence-corrected chi connectivity index (χ2v) is 8.91. The fourth-order valence-electron chi connectivity index (χ4n) is 4.07. The Morgan fingerprint density at radius 1 is 1.06 bits per heavy atom. The average Bonchev–Trinajstić information content (AvgIpc) is 2.78. The van der Waals surface area contributed by atoms with Gasteiger partial charge in [0.1, 0.15) is 5.82 Å². The Hall–Kier alpha value is -3.48. The number of carbonyl (C=O) groups excluding carboxylic acids is 2. The topological polar surface area (TPSA) is 93.1 Å². The molecular weight excluding hydrogens is 416 g/mol. The molecule has 0 saturated heterocycles. The Balaban J connectivity index is 1.50. The molecule has 0 atom stereocenters. The van der Waals surface area contributed by atoms with E-state index in [1.54, 1.807) is 22.8 Å². The van der Waals surface area contributed by atoms with Gasteiger partial charge in [-0.25, -0.2) is 4.98 Å². The number of nitrogens with one attached hydrogen (secondary N) is 2. The Morgan fingerprint density at radius 2 is 1.88 bits per heavy atom. The summed E-state index contributed by atoms with van der Waals surface area (Å²) >= 11 is 0. The zero-order valence-electron chi connectivity index (χ0n) is 19.2. The highest BCUT2D eigenvalue weighted by Gasteiger charge is 2.15. The molecule has 2 heterocycles. The van der Waals surface area contributed by atoms with Crippen LogP contribution in [-0.4, -0.2) is 21.4 Å². The van der Waals surface area contributed by atoms with Crippen molar-refractivity contribution in [2.24, 2.45) is 5.92 Å². The van der Waals surface area contributed by atoms with Crippen LogP contribution in [0.4, 0.5) is 5.69 Å². The zero-order valence-corrected chi connectivity index (χ0v) is 19.2. The molecule has 7 nitrogen and oxygen atoms in total. The van der Waals surface area contributed by atoms with E-state index in [0.29, 0.717) is 35.2 Å². The molecule has 33 heavy (non-hydrogen) atoms. The molecule has 2 amide bonds. The molecule has 0 saturated carbocycles. The van der Waals surface area contributed by atoms with Crippen LogP contribution in [-0.2, 0) is 24.3 Å². The molecule has 4 rings (SSSR count). The summed E-state index contributed by atoms with van der Waals surface area (Å²) in [6.45, 7) is 4.70. The summed E-state index contributed by atoms with van der Waals surface area (Å²) in [4.78, 5) is 42.4.